The van der Waals surface area contributed by atoms with Crippen LogP contribution in [-0.2, 0) is 21.7 Å². The standard InChI is InChI=1S/C21H23F3N6O3S/c1-20(2)18(25)30-21(3,15-6-7-28-34(15,20)32)17-12(22)5-4-11(29-17)8-14(31)13-9-27-16(10-26-13)33-19(23)24/h4-5,9-10,15,19H,6-8H2,1-3H3,(H2,25,30)/t15-,21+,34+/m1/s1. The number of nitrogens with two attached hydrogens (primary N) is 1. The number of halogens is 3. The van der Waals surface area contributed by atoms with Crippen molar-refractivity contribution < 1.29 is 26.9 Å². The number of carbonyl (C=O) groups is 1. The summed E-state index contributed by atoms with van der Waals surface area (Å²) < 4.78 is 60.9. The number of carbonyl (C=O) groups excluding carboxylic acids is 1. The monoisotopic (exact) mass is 496 g/mol. The fourth-order valence-corrected chi connectivity index (χ4v) is 7.43. The lowest BCUT2D eigenvalue weighted by Crippen LogP contribution is -2.58. The van der Waals surface area contributed by atoms with E-state index < -0.39 is 49.4 Å². The number of aliphatic imine (C=N–C) groups is 1. The van der Waals surface area contributed by atoms with E-state index in [0.717, 1.165) is 12.4 Å². The lowest BCUT2D eigenvalue weighted by Gasteiger charge is -2.44. The van der Waals surface area contributed by atoms with E-state index in [1.807, 2.05) is 0 Å². The molecule has 0 aromatic carbocycles. The maximum atomic E-state index is 15.0. The smallest absolute Gasteiger partial charge is 0.388 e. The highest BCUT2D eigenvalue weighted by atomic mass is 32.2. The fraction of sp³-hybridized carbons (Fsp3) is 0.476. The number of ether oxygens (including phenoxy) is 1. The van der Waals surface area contributed by atoms with Gasteiger partial charge in [0.2, 0.25) is 5.88 Å². The first kappa shape index (κ1) is 24.0. The molecule has 0 unspecified atom stereocenters. The topological polar surface area (TPSA) is 133 Å². The summed E-state index contributed by atoms with van der Waals surface area (Å²) in [5.74, 6) is -1.51. The second-order valence-electron chi connectivity index (χ2n) is 8.70. The maximum Gasteiger partial charge on any atom is 0.388 e. The van der Waals surface area contributed by atoms with Crippen LogP contribution in [-0.4, -0.2) is 53.9 Å². The summed E-state index contributed by atoms with van der Waals surface area (Å²) in [4.78, 5) is 29.0. The zero-order chi connectivity index (χ0) is 24.9. The van der Waals surface area contributed by atoms with Gasteiger partial charge in [-0.15, -0.1) is 0 Å². The van der Waals surface area contributed by atoms with Gasteiger partial charge < -0.3 is 10.5 Å². The second-order valence-corrected chi connectivity index (χ2v) is 11.7. The normalized spacial score (nSPS) is 27.6. The summed E-state index contributed by atoms with van der Waals surface area (Å²) in [7, 11) is -2.88. The van der Waals surface area contributed by atoms with Gasteiger partial charge in [-0.3, -0.25) is 14.8 Å². The Morgan fingerprint density at radius 1 is 1.26 bits per heavy atom. The number of hydrogen-bond donors (Lipinski definition) is 1. The Morgan fingerprint density at radius 2 is 2.00 bits per heavy atom. The van der Waals surface area contributed by atoms with E-state index >= 15 is 4.39 Å². The van der Waals surface area contributed by atoms with Crippen molar-refractivity contribution in [3.05, 3.63) is 47.4 Å². The first-order valence-corrected chi connectivity index (χ1v) is 12.0. The summed E-state index contributed by atoms with van der Waals surface area (Å²) in [6.45, 7) is 2.34. The Labute approximate surface area is 194 Å². The third-order valence-electron chi connectivity index (χ3n) is 6.24. The third kappa shape index (κ3) is 3.81. The summed E-state index contributed by atoms with van der Waals surface area (Å²) in [5, 5.41) is -0.608. The van der Waals surface area contributed by atoms with Crippen molar-refractivity contribution in [3.8, 4) is 5.88 Å². The molecule has 2 aromatic heterocycles. The molecule has 34 heavy (non-hydrogen) atoms. The number of nitrogens with zero attached hydrogens (tertiary/aromatic N) is 5. The Kier molecular flexibility index (Phi) is 5.86. The summed E-state index contributed by atoms with van der Waals surface area (Å²) in [6, 6.07) is 2.51. The quantitative estimate of drug-likeness (QED) is 0.608. The lowest BCUT2D eigenvalue weighted by atomic mass is 9.89. The van der Waals surface area contributed by atoms with Crippen molar-refractivity contribution in [2.45, 2.75) is 55.8 Å². The van der Waals surface area contributed by atoms with Gasteiger partial charge in [0.25, 0.3) is 0 Å². The predicted molar refractivity (Wildman–Crippen MR) is 118 cm³/mol. The molecule has 2 aliphatic rings. The molecule has 0 aliphatic carbocycles. The van der Waals surface area contributed by atoms with Crippen molar-refractivity contribution in [2.24, 2.45) is 15.1 Å². The van der Waals surface area contributed by atoms with E-state index in [0.29, 0.717) is 13.0 Å². The number of ketones is 1. The molecule has 0 radical (unpaired) electrons. The van der Waals surface area contributed by atoms with Crippen LogP contribution >= 0.6 is 0 Å². The number of amidine groups is 1. The molecule has 0 saturated heterocycles. The van der Waals surface area contributed by atoms with Gasteiger partial charge >= 0.3 is 6.61 Å². The maximum absolute atomic E-state index is 15.0. The van der Waals surface area contributed by atoms with Crippen LogP contribution in [0.5, 0.6) is 5.88 Å². The Morgan fingerprint density at radius 3 is 2.65 bits per heavy atom. The van der Waals surface area contributed by atoms with Crippen molar-refractivity contribution >= 4 is 21.3 Å². The van der Waals surface area contributed by atoms with Gasteiger partial charge in [-0.2, -0.15) is 8.78 Å². The Hall–Kier alpha value is -3.09. The van der Waals surface area contributed by atoms with Crippen LogP contribution in [0.4, 0.5) is 13.2 Å². The fourth-order valence-electron chi connectivity index (χ4n) is 4.28. The Bertz CT molecular complexity index is 1290. The molecular formula is C21H23F3N6O3S. The molecule has 182 valence electrons. The van der Waals surface area contributed by atoms with E-state index in [1.54, 1.807) is 20.8 Å². The van der Waals surface area contributed by atoms with Gasteiger partial charge in [-0.25, -0.2) is 22.9 Å². The van der Waals surface area contributed by atoms with Crippen LogP contribution in [0.3, 0.4) is 0 Å². The molecule has 0 fully saturated rings. The van der Waals surface area contributed by atoms with E-state index in [1.165, 1.54) is 12.1 Å². The SMILES string of the molecule is CC1(C)C(N)=N[C@](C)(c2nc(CC(=O)c3cnc(OC(F)F)cn3)ccc2F)[C@H]2CCN=[S@]21=O. The summed E-state index contributed by atoms with van der Waals surface area (Å²) in [5.41, 5.74) is 4.90. The number of fused-ring (bicyclic) bond motifs is 1. The summed E-state index contributed by atoms with van der Waals surface area (Å²) >= 11 is 0. The first-order valence-electron chi connectivity index (χ1n) is 10.4. The highest BCUT2D eigenvalue weighted by molar-refractivity contribution is 7.96. The van der Waals surface area contributed by atoms with E-state index in [-0.39, 0.29) is 29.3 Å². The third-order valence-corrected chi connectivity index (χ3v) is 9.94. The van der Waals surface area contributed by atoms with Crippen LogP contribution in [0.15, 0.2) is 33.9 Å². The molecule has 0 amide bonds. The molecule has 13 heteroatoms. The molecule has 2 N–H and O–H groups in total. The lowest BCUT2D eigenvalue weighted by molar-refractivity contribution is -0.0531. The molecule has 2 aliphatic heterocycles. The van der Waals surface area contributed by atoms with Crippen molar-refractivity contribution in [1.82, 2.24) is 15.0 Å². The molecular weight excluding hydrogens is 473 g/mol. The van der Waals surface area contributed by atoms with Crippen LogP contribution in [0.2, 0.25) is 0 Å². The van der Waals surface area contributed by atoms with Crippen LogP contribution in [0, 0.1) is 5.82 Å². The van der Waals surface area contributed by atoms with Crippen LogP contribution in [0.1, 0.15) is 49.1 Å². The second kappa shape index (κ2) is 8.29. The molecule has 9 nitrogen and oxygen atoms in total. The minimum absolute atomic E-state index is 0.0714. The number of Topliss-reactive ketones (excluding diaryl/α,β-unsaturated/α-hetero) is 1. The van der Waals surface area contributed by atoms with Crippen molar-refractivity contribution in [1.29, 1.82) is 0 Å². The number of pyridine rings is 1. The zero-order valence-corrected chi connectivity index (χ0v) is 19.5. The molecule has 4 rings (SSSR count). The molecule has 2 aromatic rings. The molecule has 4 heterocycles. The molecule has 0 spiro atoms. The van der Waals surface area contributed by atoms with E-state index in [2.05, 4.69) is 29.0 Å². The minimum atomic E-state index is -3.07. The van der Waals surface area contributed by atoms with Crippen LogP contribution in [0.25, 0.3) is 0 Å². The number of alkyl halides is 2. The highest BCUT2D eigenvalue weighted by Crippen LogP contribution is 2.47. The number of rotatable bonds is 6. The van der Waals surface area contributed by atoms with Crippen LogP contribution < -0.4 is 10.5 Å². The van der Waals surface area contributed by atoms with Gasteiger partial charge in [-0.05, 0) is 39.3 Å². The van der Waals surface area contributed by atoms with Gasteiger partial charge in [0.15, 0.2) is 5.78 Å². The van der Waals surface area contributed by atoms with Gasteiger partial charge in [-0.1, -0.05) is 0 Å². The van der Waals surface area contributed by atoms with E-state index in [9.17, 15) is 17.8 Å². The largest absolute Gasteiger partial charge is 0.415 e. The minimum Gasteiger partial charge on any atom is -0.415 e. The average molecular weight is 497 g/mol. The van der Waals surface area contributed by atoms with Gasteiger partial charge in [0, 0.05) is 12.2 Å². The van der Waals surface area contributed by atoms with E-state index in [4.69, 9.17) is 5.73 Å². The van der Waals surface area contributed by atoms with Crippen molar-refractivity contribution in [2.75, 3.05) is 6.54 Å². The Balaban J connectivity index is 1.67. The number of hydrogen-bond acceptors (Lipinski definition) is 9. The van der Waals surface area contributed by atoms with Gasteiger partial charge in [0.1, 0.15) is 33.3 Å². The molecule has 0 bridgehead atoms. The average Bonchev–Trinajstić information content (AvgIpc) is 3.18. The zero-order valence-electron chi connectivity index (χ0n) is 18.7. The first-order chi connectivity index (χ1) is 15.9. The number of aromatic nitrogens is 3. The highest BCUT2D eigenvalue weighted by Gasteiger charge is 2.57. The summed E-state index contributed by atoms with van der Waals surface area (Å²) in [6.07, 6.45) is 2.09. The predicted octanol–water partition coefficient (Wildman–Crippen LogP) is 2.64. The van der Waals surface area contributed by atoms with Gasteiger partial charge in [0.05, 0.1) is 33.8 Å². The molecule has 0 saturated carbocycles. The van der Waals surface area contributed by atoms with Crippen molar-refractivity contribution in [3.63, 3.8) is 0 Å². The molecule has 3 atom stereocenters.